The Morgan fingerprint density at radius 1 is 1.19 bits per heavy atom. The van der Waals surface area contributed by atoms with Gasteiger partial charge in [0, 0.05) is 4.47 Å². The number of hydrogen-bond acceptors (Lipinski definition) is 2. The van der Waals surface area contributed by atoms with E-state index in [0.717, 1.165) is 0 Å². The van der Waals surface area contributed by atoms with Crippen molar-refractivity contribution in [2.75, 3.05) is 5.32 Å². The van der Waals surface area contributed by atoms with Crippen LogP contribution in [0.3, 0.4) is 0 Å². The van der Waals surface area contributed by atoms with Crippen molar-refractivity contribution in [1.29, 1.82) is 0 Å². The Balaban J connectivity index is 2.38. The summed E-state index contributed by atoms with van der Waals surface area (Å²) in [6, 6.07) is 8.81. The lowest BCUT2D eigenvalue weighted by Gasteiger charge is -2.10. The lowest BCUT2D eigenvalue weighted by molar-refractivity contribution is 0.0698. The maximum atomic E-state index is 13.9. The van der Waals surface area contributed by atoms with Gasteiger partial charge in [0.1, 0.15) is 5.82 Å². The highest BCUT2D eigenvalue weighted by Crippen LogP contribution is 2.23. The number of rotatable bonds is 3. The summed E-state index contributed by atoms with van der Waals surface area (Å²) in [6.07, 6.45) is 0. The molecule has 6 heteroatoms. The Bertz CT molecular complexity index is 731. The van der Waals surface area contributed by atoms with Gasteiger partial charge >= 0.3 is 5.97 Å². The van der Waals surface area contributed by atoms with Crippen LogP contribution in [0.5, 0.6) is 0 Å². The van der Waals surface area contributed by atoms with Crippen LogP contribution in [0.4, 0.5) is 10.1 Å². The Labute approximate surface area is 128 Å². The van der Waals surface area contributed by atoms with Gasteiger partial charge in [-0.25, -0.2) is 9.18 Å². The molecule has 0 spiro atoms. The van der Waals surface area contributed by atoms with Crippen LogP contribution >= 0.6 is 15.9 Å². The first-order chi connectivity index (χ1) is 9.90. The zero-order valence-corrected chi connectivity index (χ0v) is 12.6. The molecule has 2 aromatic carbocycles. The highest BCUT2D eigenvalue weighted by atomic mass is 79.9. The number of hydrogen-bond donors (Lipinski definition) is 2. The lowest BCUT2D eigenvalue weighted by Crippen LogP contribution is -2.16. The van der Waals surface area contributed by atoms with E-state index in [1.165, 1.54) is 18.2 Å². The first kappa shape index (κ1) is 15.2. The van der Waals surface area contributed by atoms with E-state index in [9.17, 15) is 14.0 Å². The van der Waals surface area contributed by atoms with Gasteiger partial charge in [0.2, 0.25) is 0 Å². The number of halogens is 2. The normalized spacial score (nSPS) is 10.2. The van der Waals surface area contributed by atoms with Gasteiger partial charge in [0.05, 0.1) is 16.8 Å². The minimum atomic E-state index is -1.18. The van der Waals surface area contributed by atoms with E-state index in [4.69, 9.17) is 5.11 Å². The second kappa shape index (κ2) is 6.05. The second-order valence-corrected chi connectivity index (χ2v) is 5.30. The van der Waals surface area contributed by atoms with E-state index >= 15 is 0 Å². The van der Waals surface area contributed by atoms with Gasteiger partial charge in [-0.15, -0.1) is 0 Å². The predicted octanol–water partition coefficient (Wildman–Crippen LogP) is 3.85. The number of aromatic carboxylic acids is 1. The molecule has 0 atom stereocenters. The van der Waals surface area contributed by atoms with Crippen molar-refractivity contribution >= 4 is 33.5 Å². The minimum Gasteiger partial charge on any atom is -0.478 e. The van der Waals surface area contributed by atoms with Gasteiger partial charge in [0.25, 0.3) is 5.91 Å². The van der Waals surface area contributed by atoms with Crippen molar-refractivity contribution < 1.29 is 19.1 Å². The maximum absolute atomic E-state index is 13.9. The number of carboxylic acid groups (broad SMARTS) is 1. The monoisotopic (exact) mass is 351 g/mol. The number of carbonyl (C=O) groups excluding carboxylic acids is 1. The molecule has 108 valence electrons. The molecule has 0 fully saturated rings. The maximum Gasteiger partial charge on any atom is 0.337 e. The molecule has 0 aromatic heterocycles. The summed E-state index contributed by atoms with van der Waals surface area (Å²) in [6.45, 7) is 1.55. The summed E-state index contributed by atoms with van der Waals surface area (Å²) in [4.78, 5) is 23.2. The van der Waals surface area contributed by atoms with Crippen molar-refractivity contribution in [2.45, 2.75) is 6.92 Å². The number of nitrogens with one attached hydrogen (secondary N) is 1. The Kier molecular flexibility index (Phi) is 4.37. The molecular weight excluding hydrogens is 341 g/mol. The minimum absolute atomic E-state index is 0.0698. The van der Waals surface area contributed by atoms with Gasteiger partial charge in [-0.1, -0.05) is 28.1 Å². The van der Waals surface area contributed by atoms with Crippen LogP contribution < -0.4 is 5.32 Å². The van der Waals surface area contributed by atoms with E-state index in [0.29, 0.717) is 10.0 Å². The largest absolute Gasteiger partial charge is 0.478 e. The van der Waals surface area contributed by atoms with Crippen molar-refractivity contribution in [1.82, 2.24) is 0 Å². The van der Waals surface area contributed by atoms with E-state index in [1.807, 2.05) is 0 Å². The summed E-state index contributed by atoms with van der Waals surface area (Å²) in [5.74, 6) is -2.50. The van der Waals surface area contributed by atoms with Gasteiger partial charge in [-0.05, 0) is 36.8 Å². The summed E-state index contributed by atoms with van der Waals surface area (Å²) >= 11 is 3.20. The molecule has 2 aromatic rings. The van der Waals surface area contributed by atoms with Crippen molar-refractivity contribution in [3.8, 4) is 0 Å². The van der Waals surface area contributed by atoms with Gasteiger partial charge in [-0.2, -0.15) is 0 Å². The topological polar surface area (TPSA) is 66.4 Å². The number of aryl methyl sites for hydroxylation is 1. The first-order valence-electron chi connectivity index (χ1n) is 5.99. The average Bonchev–Trinajstić information content (AvgIpc) is 2.41. The van der Waals surface area contributed by atoms with Crippen LogP contribution in [0.15, 0.2) is 40.9 Å². The lowest BCUT2D eigenvalue weighted by atomic mass is 10.1. The Morgan fingerprint density at radius 2 is 1.90 bits per heavy atom. The van der Waals surface area contributed by atoms with Crippen LogP contribution in [0.2, 0.25) is 0 Å². The first-order valence-corrected chi connectivity index (χ1v) is 6.78. The van der Waals surface area contributed by atoms with Gasteiger partial charge in [0.15, 0.2) is 0 Å². The van der Waals surface area contributed by atoms with E-state index in [2.05, 4.69) is 21.2 Å². The van der Waals surface area contributed by atoms with Crippen molar-refractivity contribution in [3.63, 3.8) is 0 Å². The molecule has 0 radical (unpaired) electrons. The molecule has 0 aliphatic rings. The highest BCUT2D eigenvalue weighted by molar-refractivity contribution is 9.10. The SMILES string of the molecule is Cc1cccc(C(=O)Nc2cc(Br)ccc2C(=O)O)c1F. The van der Waals surface area contributed by atoms with Crippen LogP contribution in [-0.4, -0.2) is 17.0 Å². The zero-order chi connectivity index (χ0) is 15.6. The molecule has 1 amide bonds. The smallest absolute Gasteiger partial charge is 0.337 e. The number of amides is 1. The van der Waals surface area contributed by atoms with Crippen molar-refractivity contribution in [2.24, 2.45) is 0 Å². The van der Waals surface area contributed by atoms with Crippen LogP contribution in [0.25, 0.3) is 0 Å². The molecule has 0 aliphatic carbocycles. The summed E-state index contributed by atoms with van der Waals surface area (Å²) in [5.41, 5.74) is 0.240. The third-order valence-corrected chi connectivity index (χ3v) is 3.39. The fraction of sp³-hybridized carbons (Fsp3) is 0.0667. The third kappa shape index (κ3) is 3.28. The molecule has 0 unspecified atom stereocenters. The molecule has 0 bridgehead atoms. The quantitative estimate of drug-likeness (QED) is 0.882. The molecular formula is C15H11BrFNO3. The van der Waals surface area contributed by atoms with Crippen LogP contribution in [0, 0.1) is 12.7 Å². The van der Waals surface area contributed by atoms with E-state index in [1.54, 1.807) is 25.1 Å². The Morgan fingerprint density at radius 3 is 2.57 bits per heavy atom. The molecule has 21 heavy (non-hydrogen) atoms. The number of anilines is 1. The third-order valence-electron chi connectivity index (χ3n) is 2.90. The van der Waals surface area contributed by atoms with Gasteiger partial charge in [-0.3, -0.25) is 4.79 Å². The number of carboxylic acids is 1. The molecule has 0 aliphatic heterocycles. The average molecular weight is 352 g/mol. The summed E-state index contributed by atoms with van der Waals surface area (Å²) < 4.78 is 14.5. The molecule has 2 N–H and O–H groups in total. The number of benzene rings is 2. The zero-order valence-electron chi connectivity index (χ0n) is 11.0. The van der Waals surface area contributed by atoms with Gasteiger partial charge < -0.3 is 10.4 Å². The van der Waals surface area contributed by atoms with Crippen LogP contribution in [-0.2, 0) is 0 Å². The second-order valence-electron chi connectivity index (χ2n) is 4.39. The summed E-state index contributed by atoms with van der Waals surface area (Å²) in [5, 5.41) is 11.5. The standard InChI is InChI=1S/C15H11BrFNO3/c1-8-3-2-4-11(13(8)17)14(19)18-12-7-9(16)5-6-10(12)15(20)21/h2-7H,1H3,(H,18,19)(H,20,21). The summed E-state index contributed by atoms with van der Waals surface area (Å²) in [7, 11) is 0. The Hall–Kier alpha value is -2.21. The van der Waals surface area contributed by atoms with E-state index < -0.39 is 17.7 Å². The fourth-order valence-corrected chi connectivity index (χ4v) is 2.18. The van der Waals surface area contributed by atoms with Crippen LogP contribution in [0.1, 0.15) is 26.3 Å². The number of carbonyl (C=O) groups is 2. The van der Waals surface area contributed by atoms with E-state index in [-0.39, 0.29) is 16.8 Å². The molecule has 4 nitrogen and oxygen atoms in total. The fourth-order valence-electron chi connectivity index (χ4n) is 1.82. The van der Waals surface area contributed by atoms with Crippen molar-refractivity contribution in [3.05, 3.63) is 63.4 Å². The molecule has 0 saturated carbocycles. The molecule has 0 saturated heterocycles. The highest BCUT2D eigenvalue weighted by Gasteiger charge is 2.17. The molecule has 0 heterocycles. The molecule has 2 rings (SSSR count). The predicted molar refractivity (Wildman–Crippen MR) is 80.2 cm³/mol.